The number of thiol groups is 1. The Bertz CT molecular complexity index is 788. The average molecular weight is 458 g/mol. The third-order valence-corrected chi connectivity index (χ3v) is 4.53. The Morgan fingerprint density at radius 2 is 1.74 bits per heavy atom. The first kappa shape index (κ1) is 25.9. The molecular formula is C17H26N6O7S. The zero-order valence-electron chi connectivity index (χ0n) is 16.7. The maximum atomic E-state index is 12.4. The van der Waals surface area contributed by atoms with Crippen molar-refractivity contribution >= 4 is 42.3 Å². The summed E-state index contributed by atoms with van der Waals surface area (Å²) < 4.78 is 0. The SMILES string of the molecule is CC(NC(=O)C(CS)NC(=O)C(N)CCC(=O)O)C(=O)NC(Cc1cnc[nH]1)C(=O)O. The lowest BCUT2D eigenvalue weighted by Crippen LogP contribution is -2.57. The molecule has 14 heteroatoms. The van der Waals surface area contributed by atoms with Gasteiger partial charge < -0.3 is 36.9 Å². The molecule has 172 valence electrons. The van der Waals surface area contributed by atoms with Crippen LogP contribution in [0.15, 0.2) is 12.5 Å². The molecule has 0 aliphatic rings. The van der Waals surface area contributed by atoms with Gasteiger partial charge >= 0.3 is 11.9 Å². The number of nitrogens with two attached hydrogens (primary N) is 1. The summed E-state index contributed by atoms with van der Waals surface area (Å²) in [5, 5.41) is 25.0. The summed E-state index contributed by atoms with van der Waals surface area (Å²) in [5.41, 5.74) is 6.10. The van der Waals surface area contributed by atoms with Crippen LogP contribution >= 0.6 is 12.6 Å². The van der Waals surface area contributed by atoms with Crippen LogP contribution in [0, 0.1) is 0 Å². The quantitative estimate of drug-likeness (QED) is 0.148. The molecule has 13 nitrogen and oxygen atoms in total. The molecule has 0 fully saturated rings. The minimum Gasteiger partial charge on any atom is -0.481 e. The van der Waals surface area contributed by atoms with E-state index in [-0.39, 0.29) is 25.0 Å². The highest BCUT2D eigenvalue weighted by Crippen LogP contribution is 2.01. The van der Waals surface area contributed by atoms with Gasteiger partial charge in [-0.05, 0) is 13.3 Å². The molecule has 4 atom stereocenters. The molecule has 1 aromatic heterocycles. The van der Waals surface area contributed by atoms with Crippen LogP contribution < -0.4 is 21.7 Å². The number of nitrogens with zero attached hydrogens (tertiary/aromatic N) is 1. The first-order valence-corrected chi connectivity index (χ1v) is 9.87. The minimum atomic E-state index is -1.27. The third kappa shape index (κ3) is 9.04. The Hall–Kier alpha value is -3.13. The highest BCUT2D eigenvalue weighted by molar-refractivity contribution is 7.80. The number of carbonyl (C=O) groups is 5. The van der Waals surface area contributed by atoms with Crippen molar-refractivity contribution in [2.75, 3.05) is 5.75 Å². The van der Waals surface area contributed by atoms with E-state index in [1.165, 1.54) is 19.4 Å². The van der Waals surface area contributed by atoms with Gasteiger partial charge in [0, 0.05) is 30.5 Å². The number of aromatic amines is 1. The van der Waals surface area contributed by atoms with E-state index >= 15 is 0 Å². The fourth-order valence-electron chi connectivity index (χ4n) is 2.38. The Labute approximate surface area is 183 Å². The number of nitrogens with one attached hydrogen (secondary N) is 4. The van der Waals surface area contributed by atoms with Gasteiger partial charge in [0.1, 0.15) is 18.1 Å². The number of carboxylic acids is 2. The number of hydrogen-bond donors (Lipinski definition) is 8. The monoisotopic (exact) mass is 458 g/mol. The van der Waals surface area contributed by atoms with Gasteiger partial charge in [0.2, 0.25) is 17.7 Å². The summed E-state index contributed by atoms with van der Waals surface area (Å²) in [6, 6.07) is -4.64. The number of carbonyl (C=O) groups excluding carboxylic acids is 3. The van der Waals surface area contributed by atoms with Crippen LogP contribution in [-0.4, -0.2) is 79.8 Å². The maximum Gasteiger partial charge on any atom is 0.326 e. The number of H-pyrrole nitrogens is 1. The Morgan fingerprint density at radius 1 is 1.10 bits per heavy atom. The number of imidazole rings is 1. The summed E-state index contributed by atoms with van der Waals surface area (Å²) in [6.07, 6.45) is 2.33. The van der Waals surface area contributed by atoms with Crippen LogP contribution in [-0.2, 0) is 30.4 Å². The minimum absolute atomic E-state index is 0.0364. The first-order chi connectivity index (χ1) is 14.5. The van der Waals surface area contributed by atoms with Gasteiger partial charge in [-0.15, -0.1) is 0 Å². The fraction of sp³-hybridized carbons (Fsp3) is 0.529. The standard InChI is InChI=1S/C17H26N6O7S/c1-8(14(26)22-11(17(29)30)4-9-5-19-7-20-9)21-16(28)12(6-31)23-15(27)10(18)2-3-13(24)25/h5,7-8,10-12,31H,2-4,6,18H2,1H3,(H,19,20)(H,21,28)(H,22,26)(H,23,27)(H,24,25)(H,29,30). The second kappa shape index (κ2) is 12.5. The van der Waals surface area contributed by atoms with E-state index in [4.69, 9.17) is 10.8 Å². The largest absolute Gasteiger partial charge is 0.481 e. The predicted molar refractivity (Wildman–Crippen MR) is 110 cm³/mol. The molecule has 0 aromatic carbocycles. The van der Waals surface area contributed by atoms with Gasteiger partial charge in [-0.25, -0.2) is 9.78 Å². The Kier molecular flexibility index (Phi) is 10.5. The number of amides is 3. The topological polar surface area (TPSA) is 217 Å². The van der Waals surface area contributed by atoms with Crippen molar-refractivity contribution in [2.24, 2.45) is 5.73 Å². The molecule has 1 aromatic rings. The summed E-state index contributed by atoms with van der Waals surface area (Å²) >= 11 is 3.99. The smallest absolute Gasteiger partial charge is 0.326 e. The molecule has 0 aliphatic carbocycles. The van der Waals surface area contributed by atoms with Crippen molar-refractivity contribution in [1.29, 1.82) is 0 Å². The van der Waals surface area contributed by atoms with Crippen molar-refractivity contribution in [2.45, 2.75) is 50.4 Å². The van der Waals surface area contributed by atoms with Gasteiger partial charge in [0.15, 0.2) is 0 Å². The second-order valence-electron chi connectivity index (χ2n) is 6.69. The maximum absolute atomic E-state index is 12.4. The number of carboxylic acid groups (broad SMARTS) is 2. The molecule has 1 heterocycles. The van der Waals surface area contributed by atoms with Crippen molar-refractivity contribution in [3.05, 3.63) is 18.2 Å². The molecule has 0 saturated carbocycles. The highest BCUT2D eigenvalue weighted by Gasteiger charge is 2.28. The predicted octanol–water partition coefficient (Wildman–Crippen LogP) is -2.37. The van der Waals surface area contributed by atoms with E-state index in [9.17, 15) is 29.1 Å². The summed E-state index contributed by atoms with van der Waals surface area (Å²) in [5.74, 6) is -4.72. The van der Waals surface area contributed by atoms with E-state index in [2.05, 4.69) is 38.5 Å². The van der Waals surface area contributed by atoms with Gasteiger partial charge in [-0.3, -0.25) is 19.2 Å². The fourth-order valence-corrected chi connectivity index (χ4v) is 2.63. The normalized spacial score (nSPS) is 14.5. The Balaban J connectivity index is 2.62. The van der Waals surface area contributed by atoms with Crippen molar-refractivity contribution in [3.8, 4) is 0 Å². The van der Waals surface area contributed by atoms with E-state index in [1.807, 2.05) is 0 Å². The van der Waals surface area contributed by atoms with Gasteiger partial charge in [0.25, 0.3) is 0 Å². The lowest BCUT2D eigenvalue weighted by Gasteiger charge is -2.22. The zero-order chi connectivity index (χ0) is 23.6. The van der Waals surface area contributed by atoms with E-state index in [0.29, 0.717) is 5.69 Å². The molecule has 0 aliphatic heterocycles. The molecule has 31 heavy (non-hydrogen) atoms. The lowest BCUT2D eigenvalue weighted by atomic mass is 10.1. The van der Waals surface area contributed by atoms with Crippen LogP contribution in [0.1, 0.15) is 25.5 Å². The van der Waals surface area contributed by atoms with Gasteiger partial charge in [0.05, 0.1) is 12.4 Å². The van der Waals surface area contributed by atoms with E-state index in [0.717, 1.165) is 0 Å². The van der Waals surface area contributed by atoms with Crippen molar-refractivity contribution in [3.63, 3.8) is 0 Å². The molecule has 0 bridgehead atoms. The molecule has 0 spiro atoms. The Morgan fingerprint density at radius 3 is 2.26 bits per heavy atom. The summed E-state index contributed by atoms with van der Waals surface area (Å²) in [6.45, 7) is 1.35. The molecule has 0 radical (unpaired) electrons. The molecule has 1 rings (SSSR count). The van der Waals surface area contributed by atoms with Crippen molar-refractivity contribution in [1.82, 2.24) is 25.9 Å². The zero-order valence-corrected chi connectivity index (χ0v) is 17.6. The van der Waals surface area contributed by atoms with Gasteiger partial charge in [-0.1, -0.05) is 0 Å². The third-order valence-electron chi connectivity index (χ3n) is 4.17. The van der Waals surface area contributed by atoms with E-state index in [1.54, 1.807) is 0 Å². The van der Waals surface area contributed by atoms with Crippen LogP contribution in [0.4, 0.5) is 0 Å². The van der Waals surface area contributed by atoms with Crippen molar-refractivity contribution < 1.29 is 34.2 Å². The molecule has 3 amide bonds. The first-order valence-electron chi connectivity index (χ1n) is 9.24. The molecular weight excluding hydrogens is 432 g/mol. The summed E-state index contributed by atoms with van der Waals surface area (Å²) in [7, 11) is 0. The summed E-state index contributed by atoms with van der Waals surface area (Å²) in [4.78, 5) is 65.2. The number of hydrogen-bond acceptors (Lipinski definition) is 8. The van der Waals surface area contributed by atoms with E-state index < -0.39 is 53.8 Å². The number of aliphatic carboxylic acids is 2. The average Bonchev–Trinajstić information content (AvgIpc) is 3.22. The van der Waals surface area contributed by atoms with Crippen LogP contribution in [0.5, 0.6) is 0 Å². The second-order valence-corrected chi connectivity index (χ2v) is 7.06. The number of aromatic nitrogens is 2. The lowest BCUT2D eigenvalue weighted by molar-refractivity contribution is -0.142. The number of rotatable bonds is 13. The highest BCUT2D eigenvalue weighted by atomic mass is 32.1. The van der Waals surface area contributed by atoms with Crippen LogP contribution in [0.3, 0.4) is 0 Å². The molecule has 4 unspecified atom stereocenters. The molecule has 8 N–H and O–H groups in total. The van der Waals surface area contributed by atoms with Gasteiger partial charge in [-0.2, -0.15) is 12.6 Å². The van der Waals surface area contributed by atoms with Crippen LogP contribution in [0.25, 0.3) is 0 Å². The molecule has 0 saturated heterocycles. The van der Waals surface area contributed by atoms with Crippen LogP contribution in [0.2, 0.25) is 0 Å².